The molecule has 0 saturated heterocycles. The molecule has 0 atom stereocenters. The van der Waals surface area contributed by atoms with Crippen LogP contribution in [0.25, 0.3) is 0 Å². The largest absolute Gasteiger partial charge is 0.383 e. The molecule has 0 unspecified atom stereocenters. The van der Waals surface area contributed by atoms with Crippen molar-refractivity contribution in [3.8, 4) is 0 Å². The fourth-order valence-electron chi connectivity index (χ4n) is 0.886. The molecule has 6 heteroatoms. The maximum atomic E-state index is 11.2. The third-order valence-electron chi connectivity index (χ3n) is 1.52. The van der Waals surface area contributed by atoms with Gasteiger partial charge in [0.15, 0.2) is 0 Å². The van der Waals surface area contributed by atoms with Crippen LogP contribution in [0.2, 0.25) is 0 Å². The molecule has 78 valence electrons. The molecule has 0 aliphatic carbocycles. The van der Waals surface area contributed by atoms with Gasteiger partial charge in [0.2, 0.25) is 11.9 Å². The Balaban J connectivity index is 2.11. The maximum absolute atomic E-state index is 11.2. The second-order valence-electron chi connectivity index (χ2n) is 2.66. The van der Waals surface area contributed by atoms with Crippen LogP contribution in [0.15, 0.2) is 12.4 Å². The van der Waals surface area contributed by atoms with Crippen LogP contribution in [0.1, 0.15) is 0 Å². The predicted molar refractivity (Wildman–Crippen MR) is 52.0 cm³/mol. The smallest absolute Gasteiger partial charge is 0.240 e. The second-order valence-corrected chi connectivity index (χ2v) is 2.66. The summed E-state index contributed by atoms with van der Waals surface area (Å²) in [6, 6.07) is 0. The molecule has 1 aromatic heterocycles. The zero-order valence-electron chi connectivity index (χ0n) is 8.04. The average Bonchev–Trinajstić information content (AvgIpc) is 2.65. The first-order valence-corrected chi connectivity index (χ1v) is 4.32. The fraction of sp³-hybridized carbons (Fsp3) is 0.500. The number of carbonyl (C=O) groups is 1. The van der Waals surface area contributed by atoms with E-state index >= 15 is 0 Å². The lowest BCUT2D eigenvalue weighted by molar-refractivity contribution is -0.115. The Morgan fingerprint density at radius 3 is 3.21 bits per heavy atom. The van der Waals surface area contributed by atoms with Crippen LogP contribution in [-0.2, 0) is 9.53 Å². The molecular formula is C8H14N4O2. The Labute approximate surface area is 82.1 Å². The van der Waals surface area contributed by atoms with Crippen molar-refractivity contribution >= 4 is 11.9 Å². The van der Waals surface area contributed by atoms with E-state index in [0.29, 0.717) is 19.1 Å². The number of carbonyl (C=O) groups excluding carboxylic acids is 1. The molecular weight excluding hydrogens is 184 g/mol. The maximum Gasteiger partial charge on any atom is 0.240 e. The van der Waals surface area contributed by atoms with Gasteiger partial charge in [-0.3, -0.25) is 10.1 Å². The van der Waals surface area contributed by atoms with Gasteiger partial charge >= 0.3 is 0 Å². The number of anilines is 1. The SMILES string of the molecule is COCCNCC(=O)Nc1ncc[nH]1. The quantitative estimate of drug-likeness (QED) is 0.543. The van der Waals surface area contributed by atoms with Crippen molar-refractivity contribution in [1.82, 2.24) is 15.3 Å². The summed E-state index contributed by atoms with van der Waals surface area (Å²) in [5.41, 5.74) is 0. The zero-order valence-corrected chi connectivity index (χ0v) is 8.04. The summed E-state index contributed by atoms with van der Waals surface area (Å²) in [6.45, 7) is 1.50. The molecule has 0 bridgehead atoms. The summed E-state index contributed by atoms with van der Waals surface area (Å²) in [5, 5.41) is 5.51. The van der Waals surface area contributed by atoms with Crippen LogP contribution < -0.4 is 10.6 Å². The molecule has 0 saturated carbocycles. The Morgan fingerprint density at radius 1 is 1.71 bits per heavy atom. The Morgan fingerprint density at radius 2 is 2.57 bits per heavy atom. The van der Waals surface area contributed by atoms with Gasteiger partial charge in [0.05, 0.1) is 13.2 Å². The lowest BCUT2D eigenvalue weighted by atomic mass is 10.5. The van der Waals surface area contributed by atoms with Crippen LogP contribution in [-0.4, -0.2) is 42.7 Å². The molecule has 1 rings (SSSR count). The number of imidazole rings is 1. The van der Waals surface area contributed by atoms with E-state index in [1.54, 1.807) is 19.5 Å². The first kappa shape index (κ1) is 10.7. The van der Waals surface area contributed by atoms with Crippen molar-refractivity contribution in [3.63, 3.8) is 0 Å². The van der Waals surface area contributed by atoms with Crippen molar-refractivity contribution in [2.75, 3.05) is 32.1 Å². The molecule has 0 radical (unpaired) electrons. The molecule has 0 aromatic carbocycles. The van der Waals surface area contributed by atoms with E-state index in [1.807, 2.05) is 0 Å². The van der Waals surface area contributed by atoms with E-state index in [1.165, 1.54) is 0 Å². The van der Waals surface area contributed by atoms with Crippen molar-refractivity contribution in [1.29, 1.82) is 0 Å². The van der Waals surface area contributed by atoms with E-state index in [4.69, 9.17) is 4.74 Å². The van der Waals surface area contributed by atoms with Crippen LogP contribution in [0, 0.1) is 0 Å². The van der Waals surface area contributed by atoms with Gasteiger partial charge in [-0.1, -0.05) is 0 Å². The van der Waals surface area contributed by atoms with E-state index in [2.05, 4.69) is 20.6 Å². The summed E-state index contributed by atoms with van der Waals surface area (Å²) in [4.78, 5) is 17.8. The molecule has 0 aliphatic rings. The van der Waals surface area contributed by atoms with E-state index in [0.717, 1.165) is 0 Å². The summed E-state index contributed by atoms with van der Waals surface area (Å²) in [7, 11) is 1.62. The summed E-state index contributed by atoms with van der Waals surface area (Å²) in [5.74, 6) is 0.333. The molecule has 0 aliphatic heterocycles. The average molecular weight is 198 g/mol. The number of amides is 1. The number of aromatic nitrogens is 2. The molecule has 1 heterocycles. The van der Waals surface area contributed by atoms with Gasteiger partial charge in [0.1, 0.15) is 0 Å². The highest BCUT2D eigenvalue weighted by Gasteiger charge is 2.01. The number of ether oxygens (including phenoxy) is 1. The van der Waals surface area contributed by atoms with Crippen LogP contribution in [0.3, 0.4) is 0 Å². The topological polar surface area (TPSA) is 79.0 Å². The first-order valence-electron chi connectivity index (χ1n) is 4.32. The lowest BCUT2D eigenvalue weighted by Crippen LogP contribution is -2.30. The second kappa shape index (κ2) is 6.11. The van der Waals surface area contributed by atoms with Gasteiger partial charge in [-0.2, -0.15) is 0 Å². The third-order valence-corrected chi connectivity index (χ3v) is 1.52. The number of nitrogens with zero attached hydrogens (tertiary/aromatic N) is 1. The molecule has 0 fully saturated rings. The Bertz CT molecular complexity index is 260. The summed E-state index contributed by atoms with van der Waals surface area (Å²) in [6.07, 6.45) is 3.22. The number of H-pyrrole nitrogens is 1. The molecule has 1 amide bonds. The number of rotatable bonds is 6. The molecule has 6 nitrogen and oxygen atoms in total. The minimum atomic E-state index is -0.129. The van der Waals surface area contributed by atoms with Crippen molar-refractivity contribution in [2.24, 2.45) is 0 Å². The third kappa shape index (κ3) is 4.01. The lowest BCUT2D eigenvalue weighted by Gasteiger charge is -2.03. The van der Waals surface area contributed by atoms with Gasteiger partial charge in [-0.05, 0) is 0 Å². The highest BCUT2D eigenvalue weighted by molar-refractivity contribution is 5.90. The number of hydrogen-bond acceptors (Lipinski definition) is 4. The van der Waals surface area contributed by atoms with Crippen molar-refractivity contribution < 1.29 is 9.53 Å². The van der Waals surface area contributed by atoms with E-state index in [9.17, 15) is 4.79 Å². The summed E-state index contributed by atoms with van der Waals surface area (Å²) < 4.78 is 4.82. The van der Waals surface area contributed by atoms with E-state index < -0.39 is 0 Å². The number of nitrogens with one attached hydrogen (secondary N) is 3. The van der Waals surface area contributed by atoms with Crippen LogP contribution in [0.5, 0.6) is 0 Å². The normalized spacial score (nSPS) is 10.1. The van der Waals surface area contributed by atoms with Gasteiger partial charge in [-0.25, -0.2) is 4.98 Å². The molecule has 1 aromatic rings. The Hall–Kier alpha value is -1.40. The van der Waals surface area contributed by atoms with Crippen LogP contribution >= 0.6 is 0 Å². The first-order chi connectivity index (χ1) is 6.83. The van der Waals surface area contributed by atoms with Gasteiger partial charge in [-0.15, -0.1) is 0 Å². The standard InChI is InChI=1S/C8H14N4O2/c1-14-5-4-9-6-7(13)12-8-10-2-3-11-8/h2-3,9H,4-6H2,1H3,(H2,10,11,12,13). The van der Waals surface area contributed by atoms with Gasteiger partial charge in [0.25, 0.3) is 0 Å². The highest BCUT2D eigenvalue weighted by atomic mass is 16.5. The minimum Gasteiger partial charge on any atom is -0.383 e. The minimum absolute atomic E-state index is 0.129. The molecule has 3 N–H and O–H groups in total. The zero-order chi connectivity index (χ0) is 10.2. The number of hydrogen-bond donors (Lipinski definition) is 3. The molecule has 0 spiro atoms. The van der Waals surface area contributed by atoms with Gasteiger partial charge in [0, 0.05) is 26.0 Å². The van der Waals surface area contributed by atoms with Crippen LogP contribution in [0.4, 0.5) is 5.95 Å². The Kier molecular flexibility index (Phi) is 4.66. The predicted octanol–water partition coefficient (Wildman–Crippen LogP) is -0.416. The highest BCUT2D eigenvalue weighted by Crippen LogP contribution is 1.93. The van der Waals surface area contributed by atoms with Gasteiger partial charge < -0.3 is 15.0 Å². The molecule has 14 heavy (non-hydrogen) atoms. The summed E-state index contributed by atoms with van der Waals surface area (Å²) >= 11 is 0. The van der Waals surface area contributed by atoms with E-state index in [-0.39, 0.29) is 12.5 Å². The fourth-order valence-corrected chi connectivity index (χ4v) is 0.886. The monoisotopic (exact) mass is 198 g/mol. The van der Waals surface area contributed by atoms with Crippen molar-refractivity contribution in [3.05, 3.63) is 12.4 Å². The number of aromatic amines is 1. The van der Waals surface area contributed by atoms with Crippen molar-refractivity contribution in [2.45, 2.75) is 0 Å². The number of methoxy groups -OCH3 is 1.